The smallest absolute Gasteiger partial charge is 0.271 e. The number of nitrogens with one attached hydrogen (secondary N) is 1. The summed E-state index contributed by atoms with van der Waals surface area (Å²) in [6, 6.07) is 15.4. The van der Waals surface area contributed by atoms with Gasteiger partial charge in [0.15, 0.2) is 6.10 Å². The monoisotopic (exact) mass is 367 g/mol. The number of ether oxygens (including phenoxy) is 1. The molecule has 0 unspecified atom stereocenters. The number of hydrogen-bond acceptors (Lipinski definition) is 4. The molecule has 0 radical (unpaired) electrons. The molecule has 0 bridgehead atoms. The Hall–Kier alpha value is -3.48. The molecule has 0 saturated heterocycles. The highest BCUT2D eigenvalue weighted by atomic mass is 19.1. The van der Waals surface area contributed by atoms with Crippen molar-refractivity contribution >= 4 is 11.6 Å². The predicted molar refractivity (Wildman–Crippen MR) is 99.7 cm³/mol. The zero-order valence-corrected chi connectivity index (χ0v) is 14.8. The van der Waals surface area contributed by atoms with E-state index in [4.69, 9.17) is 4.74 Å². The van der Waals surface area contributed by atoms with Crippen LogP contribution in [0.15, 0.2) is 65.5 Å². The number of nitrogens with zero attached hydrogens (tertiary/aromatic N) is 2. The van der Waals surface area contributed by atoms with E-state index in [9.17, 15) is 14.0 Å². The summed E-state index contributed by atoms with van der Waals surface area (Å²) in [5.74, 6) is -0.661. The van der Waals surface area contributed by atoms with Gasteiger partial charge in [0, 0.05) is 17.8 Å². The second-order valence-electron chi connectivity index (χ2n) is 6.01. The highest BCUT2D eigenvalue weighted by molar-refractivity contribution is 5.94. The van der Waals surface area contributed by atoms with Gasteiger partial charge in [-0.05, 0) is 50.2 Å². The summed E-state index contributed by atoms with van der Waals surface area (Å²) in [6.45, 7) is 3.54. The summed E-state index contributed by atoms with van der Waals surface area (Å²) < 4.78 is 19.7. The van der Waals surface area contributed by atoms with Gasteiger partial charge >= 0.3 is 0 Å². The number of anilines is 1. The van der Waals surface area contributed by atoms with Crippen molar-refractivity contribution in [3.63, 3.8) is 0 Å². The largest absolute Gasteiger partial charge is 0.463 e. The van der Waals surface area contributed by atoms with Gasteiger partial charge in [0.1, 0.15) is 5.82 Å². The van der Waals surface area contributed by atoms with Crippen LogP contribution in [0.2, 0.25) is 0 Å². The fourth-order valence-corrected chi connectivity index (χ4v) is 2.34. The molecule has 0 aliphatic carbocycles. The first-order valence-electron chi connectivity index (χ1n) is 8.33. The van der Waals surface area contributed by atoms with Gasteiger partial charge in [-0.2, -0.15) is 4.68 Å². The lowest BCUT2D eigenvalue weighted by Crippen LogP contribution is -2.31. The van der Waals surface area contributed by atoms with Crippen LogP contribution >= 0.6 is 0 Å². The Labute approximate surface area is 155 Å². The van der Waals surface area contributed by atoms with Gasteiger partial charge < -0.3 is 10.1 Å². The van der Waals surface area contributed by atoms with Crippen molar-refractivity contribution in [3.05, 3.63) is 82.4 Å². The first-order chi connectivity index (χ1) is 12.9. The van der Waals surface area contributed by atoms with Crippen LogP contribution in [0.25, 0.3) is 5.69 Å². The van der Waals surface area contributed by atoms with Crippen molar-refractivity contribution in [1.29, 1.82) is 0 Å². The number of hydrogen-bond donors (Lipinski definition) is 1. The molecule has 1 N–H and O–H groups in total. The average Bonchev–Trinajstić information content (AvgIpc) is 2.66. The van der Waals surface area contributed by atoms with Crippen LogP contribution in [0.1, 0.15) is 12.5 Å². The van der Waals surface area contributed by atoms with E-state index in [0.29, 0.717) is 11.4 Å². The Morgan fingerprint density at radius 2 is 1.74 bits per heavy atom. The summed E-state index contributed by atoms with van der Waals surface area (Å²) >= 11 is 0. The number of carbonyl (C=O) groups is 1. The maximum absolute atomic E-state index is 13.1. The van der Waals surface area contributed by atoms with E-state index in [2.05, 4.69) is 10.4 Å². The fraction of sp³-hybridized carbons (Fsp3) is 0.150. The highest BCUT2D eigenvalue weighted by Gasteiger charge is 2.16. The molecule has 3 rings (SSSR count). The maximum atomic E-state index is 13.1. The van der Waals surface area contributed by atoms with E-state index in [1.165, 1.54) is 36.4 Å². The van der Waals surface area contributed by atoms with E-state index in [0.717, 1.165) is 10.2 Å². The number of benzene rings is 2. The second kappa shape index (κ2) is 7.82. The Morgan fingerprint density at radius 1 is 1.07 bits per heavy atom. The molecule has 138 valence electrons. The van der Waals surface area contributed by atoms with E-state index >= 15 is 0 Å². The van der Waals surface area contributed by atoms with Gasteiger partial charge in [0.25, 0.3) is 11.5 Å². The van der Waals surface area contributed by atoms with Crippen molar-refractivity contribution in [2.24, 2.45) is 0 Å². The molecule has 0 aliphatic heterocycles. The van der Waals surface area contributed by atoms with Crippen LogP contribution in [-0.4, -0.2) is 21.8 Å². The lowest BCUT2D eigenvalue weighted by molar-refractivity contribution is -0.122. The molecular weight excluding hydrogens is 349 g/mol. The van der Waals surface area contributed by atoms with Crippen molar-refractivity contribution in [3.8, 4) is 11.6 Å². The third kappa shape index (κ3) is 4.58. The van der Waals surface area contributed by atoms with Crippen molar-refractivity contribution in [2.75, 3.05) is 5.32 Å². The minimum absolute atomic E-state index is 0.102. The zero-order chi connectivity index (χ0) is 19.4. The van der Waals surface area contributed by atoms with E-state index < -0.39 is 17.5 Å². The standard InChI is InChI=1S/C20H18FN3O3/c1-13-3-7-16(8-4-13)22-20(26)14(2)27-18-11-12-19(25)24(23-18)17-9-5-15(21)6-10-17/h3-12,14H,1-2H3,(H,22,26)/t14-/m0/s1. The molecule has 3 aromatic rings. The van der Waals surface area contributed by atoms with Crippen LogP contribution < -0.4 is 15.6 Å². The minimum atomic E-state index is -0.835. The molecule has 27 heavy (non-hydrogen) atoms. The number of halogens is 1. The van der Waals surface area contributed by atoms with Crippen molar-refractivity contribution in [1.82, 2.24) is 9.78 Å². The summed E-state index contributed by atoms with van der Waals surface area (Å²) in [6.07, 6.45) is -0.835. The van der Waals surface area contributed by atoms with Crippen LogP contribution in [0, 0.1) is 12.7 Å². The Kier molecular flexibility index (Phi) is 5.30. The minimum Gasteiger partial charge on any atom is -0.463 e. The Bertz CT molecular complexity index is 998. The van der Waals surface area contributed by atoms with Gasteiger partial charge in [-0.1, -0.05) is 17.7 Å². The number of rotatable bonds is 5. The van der Waals surface area contributed by atoms with Gasteiger partial charge in [0.2, 0.25) is 5.88 Å². The molecule has 0 aliphatic rings. The molecule has 1 atom stereocenters. The Balaban J connectivity index is 1.74. The molecule has 1 aromatic heterocycles. The van der Waals surface area contributed by atoms with Crippen molar-refractivity contribution in [2.45, 2.75) is 20.0 Å². The lowest BCUT2D eigenvalue weighted by Gasteiger charge is -2.15. The quantitative estimate of drug-likeness (QED) is 0.752. The van der Waals surface area contributed by atoms with Gasteiger partial charge in [-0.15, -0.1) is 5.10 Å². The second-order valence-corrected chi connectivity index (χ2v) is 6.01. The zero-order valence-electron chi connectivity index (χ0n) is 14.8. The number of carbonyl (C=O) groups excluding carboxylic acids is 1. The predicted octanol–water partition coefficient (Wildman–Crippen LogP) is 3.09. The molecule has 6 nitrogen and oxygen atoms in total. The van der Waals surface area contributed by atoms with E-state index in [1.54, 1.807) is 19.1 Å². The first-order valence-corrected chi connectivity index (χ1v) is 8.33. The topological polar surface area (TPSA) is 73.2 Å². The summed E-state index contributed by atoms with van der Waals surface area (Å²) in [5, 5.41) is 6.84. The van der Waals surface area contributed by atoms with Gasteiger partial charge in [0.05, 0.1) is 5.69 Å². The normalized spacial score (nSPS) is 11.7. The van der Waals surface area contributed by atoms with Gasteiger partial charge in [-0.25, -0.2) is 4.39 Å². The van der Waals surface area contributed by atoms with Crippen LogP contribution in [0.3, 0.4) is 0 Å². The Morgan fingerprint density at radius 3 is 2.41 bits per heavy atom. The lowest BCUT2D eigenvalue weighted by atomic mass is 10.2. The average molecular weight is 367 g/mol. The van der Waals surface area contributed by atoms with Crippen molar-refractivity contribution < 1.29 is 13.9 Å². The molecule has 2 aromatic carbocycles. The van der Waals surface area contributed by atoms with E-state index in [-0.39, 0.29) is 11.8 Å². The molecule has 0 fully saturated rings. The molecule has 0 saturated carbocycles. The summed E-state index contributed by atoms with van der Waals surface area (Å²) in [7, 11) is 0. The highest BCUT2D eigenvalue weighted by Crippen LogP contribution is 2.12. The summed E-state index contributed by atoms with van der Waals surface area (Å²) in [4.78, 5) is 24.3. The SMILES string of the molecule is Cc1ccc(NC(=O)[C@H](C)Oc2ccc(=O)n(-c3ccc(F)cc3)n2)cc1. The number of amides is 1. The molecular formula is C20H18FN3O3. The molecule has 7 heteroatoms. The van der Waals surface area contributed by atoms with E-state index in [1.807, 2.05) is 19.1 Å². The van der Waals surface area contributed by atoms with Crippen LogP contribution in [0.4, 0.5) is 10.1 Å². The van der Waals surface area contributed by atoms with Crippen LogP contribution in [0.5, 0.6) is 5.88 Å². The molecule has 0 spiro atoms. The fourth-order valence-electron chi connectivity index (χ4n) is 2.34. The number of aryl methyl sites for hydroxylation is 1. The van der Waals surface area contributed by atoms with Crippen LogP contribution in [-0.2, 0) is 4.79 Å². The third-order valence-electron chi connectivity index (χ3n) is 3.83. The molecule has 1 amide bonds. The van der Waals surface area contributed by atoms with Gasteiger partial charge in [-0.3, -0.25) is 9.59 Å². The maximum Gasteiger partial charge on any atom is 0.271 e. The summed E-state index contributed by atoms with van der Waals surface area (Å²) in [5.41, 5.74) is 1.74. The first kappa shape index (κ1) is 18.3. The molecule has 1 heterocycles. The third-order valence-corrected chi connectivity index (χ3v) is 3.83. The number of aromatic nitrogens is 2.